The van der Waals surface area contributed by atoms with Gasteiger partial charge in [0.25, 0.3) is 0 Å². The fourth-order valence-corrected chi connectivity index (χ4v) is 3.88. The largest absolute Gasteiger partial charge is 0.444 e. The summed E-state index contributed by atoms with van der Waals surface area (Å²) in [5.74, 6) is 0.854. The number of hydrogen-bond donors (Lipinski definition) is 0. The normalized spacial score (nSPS) is 18.8. The minimum atomic E-state index is -0.442. The highest BCUT2D eigenvalue weighted by atomic mass is 16.6. The maximum Gasteiger partial charge on any atom is 0.410 e. The molecule has 180 valence electrons. The third-order valence-corrected chi connectivity index (χ3v) is 5.85. The number of ether oxygens (including phenoxy) is 2. The van der Waals surface area contributed by atoms with Gasteiger partial charge in [-0.3, -0.25) is 9.80 Å². The van der Waals surface area contributed by atoms with Gasteiger partial charge in [0.15, 0.2) is 0 Å². The van der Waals surface area contributed by atoms with Gasteiger partial charge in [0.05, 0.1) is 13.2 Å². The van der Waals surface area contributed by atoms with E-state index in [4.69, 9.17) is 9.47 Å². The summed E-state index contributed by atoms with van der Waals surface area (Å²) in [6, 6.07) is 1.98. The number of carbonyl (C=O) groups excluding carboxylic acids is 1. The van der Waals surface area contributed by atoms with E-state index in [0.29, 0.717) is 13.1 Å². The monoisotopic (exact) mass is 448 g/mol. The number of aromatic nitrogens is 2. The van der Waals surface area contributed by atoms with Crippen molar-refractivity contribution in [2.45, 2.75) is 39.7 Å². The Morgan fingerprint density at radius 2 is 1.56 bits per heavy atom. The van der Waals surface area contributed by atoms with Crippen molar-refractivity contribution in [3.05, 3.63) is 18.0 Å². The third kappa shape index (κ3) is 7.86. The van der Waals surface area contributed by atoms with Crippen LogP contribution < -0.4 is 4.90 Å². The molecule has 1 amide bonds. The average molecular weight is 449 g/mol. The van der Waals surface area contributed by atoms with Crippen LogP contribution in [0.1, 0.15) is 33.4 Å². The van der Waals surface area contributed by atoms with Crippen molar-refractivity contribution in [1.82, 2.24) is 24.7 Å². The lowest BCUT2D eigenvalue weighted by atomic mass is 10.2. The molecular weight excluding hydrogens is 408 g/mol. The molecular formula is C23H40N6O3. The van der Waals surface area contributed by atoms with Gasteiger partial charge in [-0.1, -0.05) is 6.92 Å². The molecule has 0 aliphatic carbocycles. The number of hydrogen-bond acceptors (Lipinski definition) is 8. The van der Waals surface area contributed by atoms with Gasteiger partial charge >= 0.3 is 6.09 Å². The van der Waals surface area contributed by atoms with Crippen molar-refractivity contribution < 1.29 is 14.3 Å². The SMILES string of the molecule is CCc1ccnc(N2CCN(CCOCCN3CCN(C(=O)OC(C)(C)C)CC3)CC2)n1. The molecule has 2 aliphatic heterocycles. The van der Waals surface area contributed by atoms with Crippen LogP contribution in [0.4, 0.5) is 10.7 Å². The Kier molecular flexibility index (Phi) is 9.07. The molecule has 1 aromatic rings. The van der Waals surface area contributed by atoms with Crippen LogP contribution >= 0.6 is 0 Å². The molecule has 0 bridgehead atoms. The molecule has 0 aromatic carbocycles. The number of amides is 1. The minimum Gasteiger partial charge on any atom is -0.444 e. The van der Waals surface area contributed by atoms with Gasteiger partial charge in [-0.25, -0.2) is 14.8 Å². The summed E-state index contributed by atoms with van der Waals surface area (Å²) in [5, 5.41) is 0. The maximum atomic E-state index is 12.1. The molecule has 0 atom stereocenters. The first-order chi connectivity index (χ1) is 15.3. The van der Waals surface area contributed by atoms with Gasteiger partial charge in [0.2, 0.25) is 5.95 Å². The molecule has 9 nitrogen and oxygen atoms in total. The summed E-state index contributed by atoms with van der Waals surface area (Å²) in [5.41, 5.74) is 0.653. The first-order valence-corrected chi connectivity index (χ1v) is 11.9. The first-order valence-electron chi connectivity index (χ1n) is 11.9. The van der Waals surface area contributed by atoms with Gasteiger partial charge in [0, 0.05) is 77.3 Å². The Hall–Kier alpha value is -1.97. The fourth-order valence-electron chi connectivity index (χ4n) is 3.88. The Bertz CT molecular complexity index is 710. The number of aryl methyl sites for hydroxylation is 1. The van der Waals surface area contributed by atoms with Gasteiger partial charge in [-0.2, -0.15) is 0 Å². The molecule has 1 aromatic heterocycles. The molecule has 3 rings (SSSR count). The number of nitrogens with zero attached hydrogens (tertiary/aromatic N) is 6. The molecule has 0 saturated carbocycles. The van der Waals surface area contributed by atoms with Crippen molar-refractivity contribution in [3.63, 3.8) is 0 Å². The second kappa shape index (κ2) is 11.8. The van der Waals surface area contributed by atoms with Crippen molar-refractivity contribution >= 4 is 12.0 Å². The minimum absolute atomic E-state index is 0.210. The second-order valence-corrected chi connectivity index (χ2v) is 9.45. The molecule has 9 heteroatoms. The van der Waals surface area contributed by atoms with Crippen molar-refractivity contribution in [3.8, 4) is 0 Å². The van der Waals surface area contributed by atoms with E-state index in [1.807, 2.05) is 33.0 Å². The van der Waals surface area contributed by atoms with Crippen molar-refractivity contribution in [2.75, 3.05) is 83.6 Å². The standard InChI is InChI=1S/C23H40N6O3/c1-5-20-6-7-24-21(25-20)28-12-8-26(9-13-28)16-18-31-19-17-27-10-14-29(15-11-27)22(30)32-23(2,3)4/h6-7H,5,8-19H2,1-4H3. The lowest BCUT2D eigenvalue weighted by molar-refractivity contribution is 0.0110. The topological polar surface area (TPSA) is 74.3 Å². The fraction of sp³-hybridized carbons (Fsp3) is 0.783. The van der Waals surface area contributed by atoms with Crippen LogP contribution in [0.2, 0.25) is 0 Å². The van der Waals surface area contributed by atoms with E-state index in [1.165, 1.54) is 0 Å². The Labute approximate surface area is 192 Å². The van der Waals surface area contributed by atoms with Crippen LogP contribution in [0.5, 0.6) is 0 Å². The number of piperazine rings is 2. The predicted molar refractivity (Wildman–Crippen MR) is 125 cm³/mol. The molecule has 2 aliphatic rings. The highest BCUT2D eigenvalue weighted by Gasteiger charge is 2.25. The van der Waals surface area contributed by atoms with E-state index >= 15 is 0 Å². The smallest absolute Gasteiger partial charge is 0.410 e. The zero-order valence-corrected chi connectivity index (χ0v) is 20.3. The van der Waals surface area contributed by atoms with Gasteiger partial charge < -0.3 is 19.3 Å². The predicted octanol–water partition coefficient (Wildman–Crippen LogP) is 1.73. The quantitative estimate of drug-likeness (QED) is 0.557. The lowest BCUT2D eigenvalue weighted by Crippen LogP contribution is -2.50. The van der Waals surface area contributed by atoms with Crippen molar-refractivity contribution in [2.24, 2.45) is 0 Å². The van der Waals surface area contributed by atoms with Crippen LogP contribution in [-0.4, -0.2) is 115 Å². The van der Waals surface area contributed by atoms with E-state index < -0.39 is 5.60 Å². The number of anilines is 1. The van der Waals surface area contributed by atoms with E-state index in [2.05, 4.69) is 31.6 Å². The second-order valence-electron chi connectivity index (χ2n) is 9.45. The molecule has 2 saturated heterocycles. The molecule has 0 radical (unpaired) electrons. The molecule has 0 unspecified atom stereocenters. The molecule has 32 heavy (non-hydrogen) atoms. The molecule has 3 heterocycles. The first kappa shape index (κ1) is 24.7. The summed E-state index contributed by atoms with van der Waals surface area (Å²) in [6.45, 7) is 18.2. The van der Waals surface area contributed by atoms with Gasteiger partial charge in [-0.15, -0.1) is 0 Å². The van der Waals surface area contributed by atoms with Crippen LogP contribution in [0.15, 0.2) is 12.3 Å². The van der Waals surface area contributed by atoms with Gasteiger partial charge in [0.1, 0.15) is 5.60 Å². The van der Waals surface area contributed by atoms with Crippen LogP contribution in [-0.2, 0) is 15.9 Å². The average Bonchev–Trinajstić information content (AvgIpc) is 2.78. The summed E-state index contributed by atoms with van der Waals surface area (Å²) in [4.78, 5) is 30.1. The third-order valence-electron chi connectivity index (χ3n) is 5.85. The maximum absolute atomic E-state index is 12.1. The van der Waals surface area contributed by atoms with E-state index in [-0.39, 0.29) is 6.09 Å². The number of rotatable bonds is 8. The van der Waals surface area contributed by atoms with E-state index in [1.54, 1.807) is 4.90 Å². The summed E-state index contributed by atoms with van der Waals surface area (Å²) in [7, 11) is 0. The zero-order chi connectivity index (χ0) is 23.0. The summed E-state index contributed by atoms with van der Waals surface area (Å²) < 4.78 is 11.3. The summed E-state index contributed by atoms with van der Waals surface area (Å²) >= 11 is 0. The molecule has 2 fully saturated rings. The van der Waals surface area contributed by atoms with Crippen LogP contribution in [0.25, 0.3) is 0 Å². The number of carbonyl (C=O) groups is 1. The van der Waals surface area contributed by atoms with E-state index in [0.717, 1.165) is 83.6 Å². The highest BCUT2D eigenvalue weighted by Crippen LogP contribution is 2.13. The molecule has 0 N–H and O–H groups in total. The summed E-state index contributed by atoms with van der Waals surface area (Å²) in [6.07, 6.45) is 2.59. The van der Waals surface area contributed by atoms with Crippen molar-refractivity contribution in [1.29, 1.82) is 0 Å². The van der Waals surface area contributed by atoms with Gasteiger partial charge in [-0.05, 0) is 33.3 Å². The Morgan fingerprint density at radius 3 is 2.12 bits per heavy atom. The van der Waals surface area contributed by atoms with Crippen LogP contribution in [0.3, 0.4) is 0 Å². The lowest BCUT2D eigenvalue weighted by Gasteiger charge is -2.35. The van der Waals surface area contributed by atoms with Crippen LogP contribution in [0, 0.1) is 0 Å². The zero-order valence-electron chi connectivity index (χ0n) is 20.3. The highest BCUT2D eigenvalue weighted by molar-refractivity contribution is 5.68. The Balaban J connectivity index is 1.24. The molecule has 0 spiro atoms. The Morgan fingerprint density at radius 1 is 0.969 bits per heavy atom. The van der Waals surface area contributed by atoms with E-state index in [9.17, 15) is 4.79 Å².